The first-order valence-electron chi connectivity index (χ1n) is 7.72. The fourth-order valence-corrected chi connectivity index (χ4v) is 2.66. The second-order valence-corrected chi connectivity index (χ2v) is 5.99. The minimum atomic E-state index is 0.0965. The molecule has 0 spiro atoms. The molecule has 0 heterocycles. The average molecular weight is 282 g/mol. The van der Waals surface area contributed by atoms with Gasteiger partial charge in [-0.25, -0.2) is 0 Å². The van der Waals surface area contributed by atoms with Crippen LogP contribution in [0.15, 0.2) is 42.5 Å². The van der Waals surface area contributed by atoms with Crippen LogP contribution in [0.4, 0.5) is 0 Å². The molecule has 0 saturated heterocycles. The van der Waals surface area contributed by atoms with Gasteiger partial charge in [-0.1, -0.05) is 42.5 Å². The SMILES string of the molecule is NC(CNC(=O)CCc1ccc2ccccc2c1)C1CC1. The molecular weight excluding hydrogens is 260 g/mol. The number of hydrogen-bond acceptors (Lipinski definition) is 2. The molecule has 1 amide bonds. The number of nitrogens with two attached hydrogens (primary N) is 1. The molecule has 2 aromatic carbocycles. The van der Waals surface area contributed by atoms with Crippen LogP contribution in [0.1, 0.15) is 24.8 Å². The van der Waals surface area contributed by atoms with E-state index in [1.807, 2.05) is 12.1 Å². The Morgan fingerprint density at radius 2 is 1.95 bits per heavy atom. The largest absolute Gasteiger partial charge is 0.355 e. The topological polar surface area (TPSA) is 55.1 Å². The standard InChI is InChI=1S/C18H22N2O/c19-17(15-8-9-15)12-20-18(21)10-6-13-5-7-14-3-1-2-4-16(14)11-13/h1-5,7,11,15,17H,6,8-10,12,19H2,(H,20,21). The number of nitrogens with one attached hydrogen (secondary N) is 1. The zero-order chi connectivity index (χ0) is 14.7. The summed E-state index contributed by atoms with van der Waals surface area (Å²) in [6.07, 6.45) is 3.73. The van der Waals surface area contributed by atoms with Crippen molar-refractivity contribution < 1.29 is 4.79 Å². The molecule has 1 atom stereocenters. The number of hydrogen-bond donors (Lipinski definition) is 2. The molecule has 3 nitrogen and oxygen atoms in total. The minimum absolute atomic E-state index is 0.0965. The molecule has 21 heavy (non-hydrogen) atoms. The van der Waals surface area contributed by atoms with E-state index in [0.29, 0.717) is 18.9 Å². The summed E-state index contributed by atoms with van der Waals surface area (Å²) in [7, 11) is 0. The Hall–Kier alpha value is -1.87. The number of carbonyl (C=O) groups is 1. The summed E-state index contributed by atoms with van der Waals surface area (Å²) in [6, 6.07) is 14.8. The monoisotopic (exact) mass is 282 g/mol. The van der Waals surface area contributed by atoms with Crippen molar-refractivity contribution in [3.8, 4) is 0 Å². The number of rotatable bonds is 6. The predicted octanol–water partition coefficient (Wildman–Crippen LogP) is 2.63. The highest BCUT2D eigenvalue weighted by Crippen LogP contribution is 2.31. The third-order valence-electron chi connectivity index (χ3n) is 4.22. The lowest BCUT2D eigenvalue weighted by molar-refractivity contribution is -0.121. The van der Waals surface area contributed by atoms with Crippen LogP contribution in [0.3, 0.4) is 0 Å². The molecule has 2 aromatic rings. The zero-order valence-corrected chi connectivity index (χ0v) is 12.2. The normalized spacial score (nSPS) is 15.9. The number of amides is 1. The molecule has 0 aromatic heterocycles. The van der Waals surface area contributed by atoms with Crippen LogP contribution < -0.4 is 11.1 Å². The third-order valence-corrected chi connectivity index (χ3v) is 4.22. The second kappa shape index (κ2) is 6.27. The lowest BCUT2D eigenvalue weighted by Gasteiger charge is -2.11. The Morgan fingerprint density at radius 3 is 2.71 bits per heavy atom. The van der Waals surface area contributed by atoms with Crippen LogP contribution >= 0.6 is 0 Å². The summed E-state index contributed by atoms with van der Waals surface area (Å²) in [4.78, 5) is 11.9. The van der Waals surface area contributed by atoms with Crippen LogP contribution in [-0.4, -0.2) is 18.5 Å². The van der Waals surface area contributed by atoms with Crippen molar-refractivity contribution in [2.75, 3.05) is 6.54 Å². The van der Waals surface area contributed by atoms with E-state index >= 15 is 0 Å². The Balaban J connectivity index is 1.49. The Labute approximate surface area is 125 Å². The van der Waals surface area contributed by atoms with Gasteiger partial charge in [0.05, 0.1) is 0 Å². The van der Waals surface area contributed by atoms with Crippen molar-refractivity contribution in [1.29, 1.82) is 0 Å². The van der Waals surface area contributed by atoms with Gasteiger partial charge in [-0.2, -0.15) is 0 Å². The van der Waals surface area contributed by atoms with Crippen molar-refractivity contribution in [3.63, 3.8) is 0 Å². The van der Waals surface area contributed by atoms with Crippen molar-refractivity contribution in [3.05, 3.63) is 48.0 Å². The van der Waals surface area contributed by atoms with E-state index in [0.717, 1.165) is 6.42 Å². The van der Waals surface area contributed by atoms with Crippen LogP contribution in [0.25, 0.3) is 10.8 Å². The number of carbonyl (C=O) groups excluding carboxylic acids is 1. The van der Waals surface area contributed by atoms with Crippen molar-refractivity contribution in [1.82, 2.24) is 5.32 Å². The molecule has 110 valence electrons. The summed E-state index contributed by atoms with van der Waals surface area (Å²) >= 11 is 0. The highest BCUT2D eigenvalue weighted by atomic mass is 16.1. The van der Waals surface area contributed by atoms with Gasteiger partial charge in [0.2, 0.25) is 5.91 Å². The van der Waals surface area contributed by atoms with Gasteiger partial charge >= 0.3 is 0 Å². The summed E-state index contributed by atoms with van der Waals surface area (Å²) < 4.78 is 0. The molecule has 1 aliphatic rings. The van der Waals surface area contributed by atoms with Crippen LogP contribution in [0.5, 0.6) is 0 Å². The van der Waals surface area contributed by atoms with Crippen LogP contribution in [-0.2, 0) is 11.2 Å². The van der Waals surface area contributed by atoms with E-state index in [2.05, 4.69) is 35.6 Å². The molecule has 1 saturated carbocycles. The molecule has 1 unspecified atom stereocenters. The Morgan fingerprint density at radius 1 is 1.19 bits per heavy atom. The van der Waals surface area contributed by atoms with E-state index < -0.39 is 0 Å². The van der Waals surface area contributed by atoms with E-state index in [-0.39, 0.29) is 11.9 Å². The fraction of sp³-hybridized carbons (Fsp3) is 0.389. The highest BCUT2D eigenvalue weighted by molar-refractivity contribution is 5.83. The van der Waals surface area contributed by atoms with Crippen molar-refractivity contribution in [2.24, 2.45) is 11.7 Å². The zero-order valence-electron chi connectivity index (χ0n) is 12.2. The molecule has 0 aliphatic heterocycles. The summed E-state index contributed by atoms with van der Waals surface area (Å²) in [5.74, 6) is 0.727. The average Bonchev–Trinajstić information content (AvgIpc) is 3.35. The van der Waals surface area contributed by atoms with E-state index in [1.54, 1.807) is 0 Å². The first kappa shape index (κ1) is 14.1. The number of benzene rings is 2. The smallest absolute Gasteiger partial charge is 0.220 e. The molecule has 1 aliphatic carbocycles. The van der Waals surface area contributed by atoms with Gasteiger partial charge in [-0.15, -0.1) is 0 Å². The summed E-state index contributed by atoms with van der Waals surface area (Å²) in [5, 5.41) is 5.41. The van der Waals surface area contributed by atoms with Gasteiger partial charge < -0.3 is 11.1 Å². The lowest BCUT2D eigenvalue weighted by atomic mass is 10.0. The van der Waals surface area contributed by atoms with E-state index in [1.165, 1.54) is 29.2 Å². The first-order valence-corrected chi connectivity index (χ1v) is 7.72. The molecule has 3 N–H and O–H groups in total. The summed E-state index contributed by atoms with van der Waals surface area (Å²) in [6.45, 7) is 0.612. The highest BCUT2D eigenvalue weighted by Gasteiger charge is 2.28. The van der Waals surface area contributed by atoms with E-state index in [4.69, 9.17) is 5.73 Å². The fourth-order valence-electron chi connectivity index (χ4n) is 2.66. The summed E-state index contributed by atoms with van der Waals surface area (Å²) in [5.41, 5.74) is 7.19. The first-order chi connectivity index (χ1) is 10.2. The molecule has 3 rings (SSSR count). The maximum atomic E-state index is 11.9. The Kier molecular flexibility index (Phi) is 4.20. The quantitative estimate of drug-likeness (QED) is 0.855. The van der Waals surface area contributed by atoms with Gasteiger partial charge in [-0.3, -0.25) is 4.79 Å². The van der Waals surface area contributed by atoms with Gasteiger partial charge in [0.15, 0.2) is 0 Å². The van der Waals surface area contributed by atoms with Crippen molar-refractivity contribution in [2.45, 2.75) is 31.7 Å². The molecule has 0 bridgehead atoms. The third kappa shape index (κ3) is 3.82. The molecule has 3 heteroatoms. The van der Waals surface area contributed by atoms with Gasteiger partial charge in [0.1, 0.15) is 0 Å². The second-order valence-electron chi connectivity index (χ2n) is 5.99. The van der Waals surface area contributed by atoms with Crippen molar-refractivity contribution >= 4 is 16.7 Å². The maximum Gasteiger partial charge on any atom is 0.220 e. The Bertz CT molecular complexity index is 634. The maximum absolute atomic E-state index is 11.9. The predicted molar refractivity (Wildman–Crippen MR) is 86.0 cm³/mol. The van der Waals surface area contributed by atoms with Gasteiger partial charge in [0.25, 0.3) is 0 Å². The van der Waals surface area contributed by atoms with Crippen LogP contribution in [0.2, 0.25) is 0 Å². The molecule has 0 radical (unpaired) electrons. The number of aryl methyl sites for hydroxylation is 1. The van der Waals surface area contributed by atoms with Gasteiger partial charge in [-0.05, 0) is 41.5 Å². The number of fused-ring (bicyclic) bond motifs is 1. The van der Waals surface area contributed by atoms with Crippen LogP contribution in [0, 0.1) is 5.92 Å². The minimum Gasteiger partial charge on any atom is -0.355 e. The van der Waals surface area contributed by atoms with E-state index in [9.17, 15) is 4.79 Å². The molecular formula is C18H22N2O. The van der Waals surface area contributed by atoms with Gasteiger partial charge in [0, 0.05) is 19.0 Å². The lowest BCUT2D eigenvalue weighted by Crippen LogP contribution is -2.38. The molecule has 1 fully saturated rings.